The van der Waals surface area contributed by atoms with E-state index < -0.39 is 68.2 Å². The fraction of sp³-hybridized carbons (Fsp3) is 0.400. The highest BCUT2D eigenvalue weighted by atomic mass is 16.4. The summed E-state index contributed by atoms with van der Waals surface area (Å²) in [6.07, 6.45) is -6.86. The molecule has 0 aliphatic carbocycles. The number of anilines is 1. The minimum absolute atomic E-state index is 0.103. The van der Waals surface area contributed by atoms with Crippen molar-refractivity contribution in [2.45, 2.75) is 12.7 Å². The van der Waals surface area contributed by atoms with Gasteiger partial charge >= 0.3 is 7.12 Å². The zero-order chi connectivity index (χ0) is 20.6. The second-order valence-electron chi connectivity index (χ2n) is 2.44. The summed E-state index contributed by atoms with van der Waals surface area (Å²) in [7, 11) is -2.47. The molecule has 0 bridgehead atoms. The molecule has 1 saturated heterocycles. The summed E-state index contributed by atoms with van der Waals surface area (Å²) in [6.45, 7) is -6.81. The number of nitrogens with zero attached hydrogens (tertiary/aromatic N) is 1. The maximum Gasteiger partial charge on any atom is 0.488 e. The van der Waals surface area contributed by atoms with Crippen molar-refractivity contribution in [1.29, 1.82) is 0 Å². The van der Waals surface area contributed by atoms with Gasteiger partial charge in [0.05, 0.1) is 5.48 Å². The van der Waals surface area contributed by atoms with Gasteiger partial charge in [-0.05, 0) is 30.3 Å². The van der Waals surface area contributed by atoms with Crippen LogP contribution in [0.5, 0.6) is 0 Å². The molecule has 1 aliphatic heterocycles. The molecular weight excluding hydrogens is 177 g/mol. The summed E-state index contributed by atoms with van der Waals surface area (Å²) in [5.74, 6) is 0. The topological polar surface area (TPSA) is 43.7 Å². The van der Waals surface area contributed by atoms with E-state index >= 15 is 0 Å². The van der Waals surface area contributed by atoms with E-state index in [-0.39, 0.29) is 4.90 Å². The molecule has 0 amide bonds. The first-order chi connectivity index (χ1) is 11.5. The Balaban J connectivity index is 2.96. The van der Waals surface area contributed by atoms with Crippen molar-refractivity contribution in [3.63, 3.8) is 0 Å². The Morgan fingerprint density at radius 2 is 2.07 bits per heavy atom. The first kappa shape index (κ1) is 2.77. The van der Waals surface area contributed by atoms with Gasteiger partial charge in [-0.2, -0.15) is 0 Å². The summed E-state index contributed by atoms with van der Waals surface area (Å²) in [6, 6.07) is -4.00. The molecule has 1 fully saturated rings. The minimum Gasteiger partial charge on any atom is -0.423 e. The maximum atomic E-state index is 9.35. The van der Waals surface area contributed by atoms with Gasteiger partial charge in [-0.3, -0.25) is 0 Å². The van der Waals surface area contributed by atoms with E-state index in [9.17, 15) is 10.0 Å². The zero-order valence-electron chi connectivity index (χ0n) is 18.9. The number of hydrogen-bond acceptors (Lipinski definition) is 3. The standard InChI is InChI=1S/C10H14BNO2/c13-11(14)9-4-3-5-10(8-9)12-6-1-2-7-12/h3-5,8,13-14H,1-2,6-7H2/i1D2,2D2,3D,4D,5D,6D2,7D2,8D. The lowest BCUT2D eigenvalue weighted by Gasteiger charge is -2.18. The van der Waals surface area contributed by atoms with Gasteiger partial charge in [0.15, 0.2) is 0 Å². The smallest absolute Gasteiger partial charge is 0.423 e. The molecule has 1 heterocycles. The van der Waals surface area contributed by atoms with E-state index in [2.05, 4.69) is 0 Å². The second kappa shape index (κ2) is 4.03. The minimum atomic E-state index is -3.43. The van der Waals surface area contributed by atoms with Gasteiger partial charge in [0.25, 0.3) is 0 Å². The largest absolute Gasteiger partial charge is 0.488 e. The lowest BCUT2D eigenvalue weighted by Crippen LogP contribution is -2.30. The highest BCUT2D eigenvalue weighted by molar-refractivity contribution is 6.58. The Labute approximate surface area is 101 Å². The molecule has 0 radical (unpaired) electrons. The molecule has 3 nitrogen and oxygen atoms in total. The third-order valence-corrected chi connectivity index (χ3v) is 1.51. The van der Waals surface area contributed by atoms with Crippen LogP contribution in [0, 0.1) is 0 Å². The number of rotatable bonds is 2. The van der Waals surface area contributed by atoms with Crippen molar-refractivity contribution < 1.29 is 26.5 Å². The fourth-order valence-corrected chi connectivity index (χ4v) is 0.896. The van der Waals surface area contributed by atoms with Crippen LogP contribution < -0.4 is 10.4 Å². The first-order valence-corrected chi connectivity index (χ1v) is 3.73. The predicted molar refractivity (Wildman–Crippen MR) is 57.7 cm³/mol. The quantitative estimate of drug-likeness (QED) is 0.663. The van der Waals surface area contributed by atoms with Crippen molar-refractivity contribution in [3.8, 4) is 0 Å². The van der Waals surface area contributed by atoms with Gasteiger partial charge < -0.3 is 14.9 Å². The van der Waals surface area contributed by atoms with Crippen LogP contribution in [0.3, 0.4) is 0 Å². The lowest BCUT2D eigenvalue weighted by molar-refractivity contribution is 0.426. The van der Waals surface area contributed by atoms with Crippen LogP contribution in [0.2, 0.25) is 0 Å². The highest BCUT2D eigenvalue weighted by Crippen LogP contribution is 2.18. The SMILES string of the molecule is [2H]c1c([2H])c(B(O)O)c([2H])c(N2C([2H])([2H])C([2H])([2H])C([2H])([2H])C2([2H])[2H])c1[2H]. The van der Waals surface area contributed by atoms with Crippen LogP contribution in [0.25, 0.3) is 0 Å². The summed E-state index contributed by atoms with van der Waals surface area (Å²) >= 11 is 0. The Kier molecular flexibility index (Phi) is 0.797. The predicted octanol–water partition coefficient (Wildman–Crippen LogP) is -0.0334. The summed E-state index contributed by atoms with van der Waals surface area (Å²) in [5, 5.41) is 18.7. The molecule has 0 aromatic heterocycles. The highest BCUT2D eigenvalue weighted by Gasteiger charge is 2.15. The van der Waals surface area contributed by atoms with Crippen molar-refractivity contribution in [3.05, 3.63) is 24.2 Å². The van der Waals surface area contributed by atoms with Crippen LogP contribution >= 0.6 is 0 Å². The molecule has 1 aliphatic rings. The van der Waals surface area contributed by atoms with Crippen LogP contribution in [0.15, 0.2) is 24.2 Å². The van der Waals surface area contributed by atoms with Gasteiger partial charge in [0, 0.05) is 29.6 Å². The molecule has 74 valence electrons. The van der Waals surface area contributed by atoms with E-state index in [4.69, 9.17) is 16.4 Å². The van der Waals surface area contributed by atoms with Crippen molar-refractivity contribution in [1.82, 2.24) is 0 Å². The van der Waals surface area contributed by atoms with Crippen molar-refractivity contribution in [2.24, 2.45) is 0 Å². The molecule has 0 unspecified atom stereocenters. The van der Waals surface area contributed by atoms with Gasteiger partial charge in [0.1, 0.15) is 0 Å². The Hall–Kier alpha value is -0.995. The van der Waals surface area contributed by atoms with Gasteiger partial charge in [0.2, 0.25) is 0 Å². The average molecular weight is 203 g/mol. The van der Waals surface area contributed by atoms with Gasteiger partial charge in [-0.15, -0.1) is 0 Å². The molecule has 0 spiro atoms. The van der Waals surface area contributed by atoms with E-state index in [1.165, 1.54) is 0 Å². The molecule has 2 N–H and O–H groups in total. The summed E-state index contributed by atoms with van der Waals surface area (Å²) in [4.78, 5) is -0.103. The average Bonchev–Trinajstić information content (AvgIpc) is 2.53. The molecule has 14 heavy (non-hydrogen) atoms. The molecule has 1 aromatic carbocycles. The first-order valence-electron chi connectivity index (χ1n) is 9.73. The van der Waals surface area contributed by atoms with E-state index in [1.807, 2.05) is 0 Å². The van der Waals surface area contributed by atoms with E-state index in [0.29, 0.717) is 0 Å². The van der Waals surface area contributed by atoms with Gasteiger partial charge in [-0.25, -0.2) is 0 Å². The second-order valence-corrected chi connectivity index (χ2v) is 2.44. The molecule has 0 atom stereocenters. The normalized spacial score (nSPS) is 42.9. The fourth-order valence-electron chi connectivity index (χ4n) is 0.896. The third-order valence-electron chi connectivity index (χ3n) is 1.51. The van der Waals surface area contributed by atoms with Crippen LogP contribution in [-0.4, -0.2) is 30.2 Å². The van der Waals surface area contributed by atoms with Crippen molar-refractivity contribution >= 4 is 18.3 Å². The molecule has 4 heteroatoms. The monoisotopic (exact) mass is 203 g/mol. The number of hydrogen-bond donors (Lipinski definition) is 2. The van der Waals surface area contributed by atoms with Crippen LogP contribution in [-0.2, 0) is 0 Å². The zero-order valence-corrected chi connectivity index (χ0v) is 6.92. The molecule has 2 rings (SSSR count). The third kappa shape index (κ3) is 1.91. The van der Waals surface area contributed by atoms with Crippen molar-refractivity contribution in [2.75, 3.05) is 17.9 Å². The molecule has 0 saturated carbocycles. The number of benzene rings is 1. The Morgan fingerprint density at radius 3 is 2.71 bits per heavy atom. The Morgan fingerprint density at radius 1 is 1.36 bits per heavy atom. The van der Waals surface area contributed by atoms with Crippen LogP contribution in [0.4, 0.5) is 5.69 Å². The Bertz CT molecular complexity index is 741. The van der Waals surface area contributed by atoms with Gasteiger partial charge in [-0.1, -0.05) is 12.1 Å². The lowest BCUT2D eigenvalue weighted by atomic mass is 9.80. The molecule has 1 aromatic rings. The summed E-state index contributed by atoms with van der Waals surface area (Å²) in [5.41, 5.74) is -1.95. The maximum absolute atomic E-state index is 9.35. The van der Waals surface area contributed by atoms with E-state index in [0.717, 1.165) is 0 Å². The van der Waals surface area contributed by atoms with Crippen LogP contribution in [0.1, 0.15) is 29.2 Å². The van der Waals surface area contributed by atoms with E-state index in [1.54, 1.807) is 0 Å². The summed E-state index contributed by atoms with van der Waals surface area (Å²) < 4.78 is 93.8. The molecular formula is C10H14BNO2.